The molecule has 1 aromatic rings. The molecule has 1 amide bonds. The van der Waals surface area contributed by atoms with E-state index in [1.54, 1.807) is 7.11 Å². The Balaban J connectivity index is 2.35. The van der Waals surface area contributed by atoms with Crippen molar-refractivity contribution in [1.29, 1.82) is 0 Å². The summed E-state index contributed by atoms with van der Waals surface area (Å²) in [7, 11) is 1.66. The van der Waals surface area contributed by atoms with E-state index in [1.807, 2.05) is 43.0 Å². The third kappa shape index (κ3) is 4.24. The van der Waals surface area contributed by atoms with Gasteiger partial charge in [0.15, 0.2) is 0 Å². The quantitative estimate of drug-likeness (QED) is 0.870. The molecule has 1 aliphatic heterocycles. The van der Waals surface area contributed by atoms with Gasteiger partial charge in [-0.05, 0) is 38.5 Å². The number of carbonyl (C=O) groups excluding carboxylic acids is 1. The minimum Gasteiger partial charge on any atom is -0.497 e. The van der Waals surface area contributed by atoms with E-state index >= 15 is 0 Å². The molecule has 1 aromatic carbocycles. The lowest BCUT2D eigenvalue weighted by Crippen LogP contribution is -2.53. The molecule has 0 spiro atoms. The average molecular weight is 319 g/mol. The fraction of sp³-hybridized carbons (Fsp3) is 0.611. The summed E-state index contributed by atoms with van der Waals surface area (Å²) in [6, 6.07) is 8.04. The Bertz CT molecular complexity index is 517. The summed E-state index contributed by atoms with van der Waals surface area (Å²) in [6.45, 7) is 10.3. The SMILES string of the molecule is CCN(CC)C(=O)C(c1cccc(OC)c1)N1CCNC(C)C1. The molecule has 1 saturated heterocycles. The number of hydrogen-bond acceptors (Lipinski definition) is 4. The van der Waals surface area contributed by atoms with Gasteiger partial charge in [0.1, 0.15) is 11.8 Å². The van der Waals surface area contributed by atoms with E-state index < -0.39 is 0 Å². The third-order valence-electron chi connectivity index (χ3n) is 4.48. The van der Waals surface area contributed by atoms with Crippen molar-refractivity contribution in [2.45, 2.75) is 32.9 Å². The fourth-order valence-corrected chi connectivity index (χ4v) is 3.23. The highest BCUT2D eigenvalue weighted by Crippen LogP contribution is 2.27. The van der Waals surface area contributed by atoms with Crippen molar-refractivity contribution >= 4 is 5.91 Å². The van der Waals surface area contributed by atoms with Crippen molar-refractivity contribution in [2.75, 3.05) is 39.8 Å². The summed E-state index contributed by atoms with van der Waals surface area (Å²) >= 11 is 0. The first-order valence-corrected chi connectivity index (χ1v) is 8.50. The van der Waals surface area contributed by atoms with Gasteiger partial charge in [-0.1, -0.05) is 12.1 Å². The molecular formula is C18H29N3O2. The summed E-state index contributed by atoms with van der Waals surface area (Å²) in [5.74, 6) is 0.973. The lowest BCUT2D eigenvalue weighted by atomic mass is 10.0. The molecule has 2 unspecified atom stereocenters. The van der Waals surface area contributed by atoms with Gasteiger partial charge < -0.3 is 15.0 Å². The van der Waals surface area contributed by atoms with Gasteiger partial charge in [0.2, 0.25) is 5.91 Å². The van der Waals surface area contributed by atoms with E-state index in [9.17, 15) is 4.79 Å². The van der Waals surface area contributed by atoms with Crippen molar-refractivity contribution in [3.63, 3.8) is 0 Å². The number of hydrogen-bond donors (Lipinski definition) is 1. The van der Waals surface area contributed by atoms with Gasteiger partial charge in [0.05, 0.1) is 7.11 Å². The maximum Gasteiger partial charge on any atom is 0.244 e. The van der Waals surface area contributed by atoms with E-state index in [-0.39, 0.29) is 11.9 Å². The van der Waals surface area contributed by atoms with E-state index in [4.69, 9.17) is 4.74 Å². The first kappa shape index (κ1) is 17.8. The summed E-state index contributed by atoms with van der Waals surface area (Å²) in [4.78, 5) is 17.3. The number of ether oxygens (including phenoxy) is 1. The summed E-state index contributed by atoms with van der Waals surface area (Å²) in [5.41, 5.74) is 1.01. The van der Waals surface area contributed by atoms with Crippen LogP contribution in [0.15, 0.2) is 24.3 Å². The van der Waals surface area contributed by atoms with E-state index in [1.165, 1.54) is 0 Å². The summed E-state index contributed by atoms with van der Waals surface area (Å²) in [6.07, 6.45) is 0. The van der Waals surface area contributed by atoms with Crippen molar-refractivity contribution in [3.8, 4) is 5.75 Å². The molecule has 0 aliphatic carbocycles. The first-order valence-electron chi connectivity index (χ1n) is 8.50. The lowest BCUT2D eigenvalue weighted by Gasteiger charge is -2.39. The second-order valence-corrected chi connectivity index (χ2v) is 6.04. The van der Waals surface area contributed by atoms with E-state index in [0.29, 0.717) is 6.04 Å². The van der Waals surface area contributed by atoms with Gasteiger partial charge in [-0.25, -0.2) is 0 Å². The average Bonchev–Trinajstić information content (AvgIpc) is 2.56. The zero-order valence-electron chi connectivity index (χ0n) is 14.7. The van der Waals surface area contributed by atoms with Crippen LogP contribution in [0.1, 0.15) is 32.4 Å². The Kier molecular flexibility index (Phi) is 6.42. The molecule has 1 aliphatic rings. The number of amides is 1. The van der Waals surface area contributed by atoms with Crippen LogP contribution in [0, 0.1) is 0 Å². The van der Waals surface area contributed by atoms with Crippen LogP contribution in [0.4, 0.5) is 0 Å². The molecule has 2 atom stereocenters. The normalized spacial score (nSPS) is 20.1. The second kappa shape index (κ2) is 8.31. The number of nitrogens with zero attached hydrogens (tertiary/aromatic N) is 2. The first-order chi connectivity index (χ1) is 11.1. The van der Waals surface area contributed by atoms with Crippen LogP contribution < -0.4 is 10.1 Å². The second-order valence-electron chi connectivity index (χ2n) is 6.04. The molecule has 128 valence electrons. The highest BCUT2D eigenvalue weighted by molar-refractivity contribution is 5.83. The molecule has 2 rings (SSSR count). The van der Waals surface area contributed by atoms with E-state index in [0.717, 1.165) is 44.0 Å². The highest BCUT2D eigenvalue weighted by Gasteiger charge is 2.32. The summed E-state index contributed by atoms with van der Waals surface area (Å²) < 4.78 is 5.35. The van der Waals surface area contributed by atoms with Gasteiger partial charge in [0.25, 0.3) is 0 Å². The number of benzene rings is 1. The smallest absolute Gasteiger partial charge is 0.244 e. The van der Waals surface area contributed by atoms with Crippen LogP contribution in [-0.2, 0) is 4.79 Å². The van der Waals surface area contributed by atoms with Crippen LogP contribution in [-0.4, -0.2) is 61.6 Å². The minimum atomic E-state index is -0.241. The molecule has 0 saturated carbocycles. The number of likely N-dealkylation sites (N-methyl/N-ethyl adjacent to an activating group) is 1. The molecule has 23 heavy (non-hydrogen) atoms. The molecule has 0 bridgehead atoms. The predicted octanol–water partition coefficient (Wildman–Crippen LogP) is 1.90. The van der Waals surface area contributed by atoms with Crippen molar-refractivity contribution in [2.24, 2.45) is 0 Å². The maximum atomic E-state index is 13.1. The van der Waals surface area contributed by atoms with E-state index in [2.05, 4.69) is 17.1 Å². The van der Waals surface area contributed by atoms with Crippen molar-refractivity contribution in [1.82, 2.24) is 15.1 Å². The van der Waals surface area contributed by atoms with Gasteiger partial charge in [-0.3, -0.25) is 9.69 Å². The molecule has 1 heterocycles. The topological polar surface area (TPSA) is 44.8 Å². The van der Waals surface area contributed by atoms with Crippen LogP contribution in [0.5, 0.6) is 5.75 Å². The number of carbonyl (C=O) groups is 1. The Labute approximate surface area is 139 Å². The Morgan fingerprint density at radius 2 is 2.17 bits per heavy atom. The maximum absolute atomic E-state index is 13.1. The van der Waals surface area contributed by atoms with Crippen molar-refractivity contribution < 1.29 is 9.53 Å². The largest absolute Gasteiger partial charge is 0.497 e. The Hall–Kier alpha value is -1.59. The molecule has 0 aromatic heterocycles. The number of piperazine rings is 1. The van der Waals surface area contributed by atoms with Crippen LogP contribution in [0.2, 0.25) is 0 Å². The van der Waals surface area contributed by atoms with Gasteiger partial charge >= 0.3 is 0 Å². The fourth-order valence-electron chi connectivity index (χ4n) is 3.23. The number of rotatable bonds is 6. The predicted molar refractivity (Wildman–Crippen MR) is 92.7 cm³/mol. The molecule has 5 nitrogen and oxygen atoms in total. The monoisotopic (exact) mass is 319 g/mol. The molecule has 1 N–H and O–H groups in total. The van der Waals surface area contributed by atoms with Crippen LogP contribution in [0.25, 0.3) is 0 Å². The molecule has 0 radical (unpaired) electrons. The summed E-state index contributed by atoms with van der Waals surface area (Å²) in [5, 5.41) is 3.45. The number of methoxy groups -OCH3 is 1. The van der Waals surface area contributed by atoms with Crippen LogP contribution >= 0.6 is 0 Å². The zero-order chi connectivity index (χ0) is 16.8. The Morgan fingerprint density at radius 3 is 2.78 bits per heavy atom. The molecular weight excluding hydrogens is 290 g/mol. The van der Waals surface area contributed by atoms with Gasteiger partial charge in [-0.2, -0.15) is 0 Å². The van der Waals surface area contributed by atoms with Gasteiger partial charge in [-0.15, -0.1) is 0 Å². The zero-order valence-corrected chi connectivity index (χ0v) is 14.7. The minimum absolute atomic E-state index is 0.178. The van der Waals surface area contributed by atoms with Gasteiger partial charge in [0, 0.05) is 38.8 Å². The molecule has 1 fully saturated rings. The van der Waals surface area contributed by atoms with Crippen molar-refractivity contribution in [3.05, 3.63) is 29.8 Å². The lowest BCUT2D eigenvalue weighted by molar-refractivity contribution is -0.137. The highest BCUT2D eigenvalue weighted by atomic mass is 16.5. The number of nitrogens with one attached hydrogen (secondary N) is 1. The molecule has 5 heteroatoms. The van der Waals surface area contributed by atoms with Crippen LogP contribution in [0.3, 0.4) is 0 Å². The third-order valence-corrected chi connectivity index (χ3v) is 4.48. The standard InChI is InChI=1S/C18H29N3O2/c1-5-20(6-2)18(22)17(21-11-10-19-14(3)13-21)15-8-7-9-16(12-15)23-4/h7-9,12,14,17,19H,5-6,10-11,13H2,1-4H3. The Morgan fingerprint density at radius 1 is 1.43 bits per heavy atom.